The standard InChI is InChI=1S/C24H22F3N5O2S/c1-34-17-6-4-16(5-7-17)20-13-21(24(25,26)27)32-22(29-20)19(14-28-32)23(33)31-10-8-30(9-11-31)15-18-3-2-12-35-18/h2-7,12-14H,8-11,15H2,1H3. The third-order valence-electron chi connectivity index (χ3n) is 6.00. The maximum Gasteiger partial charge on any atom is 0.433 e. The fourth-order valence-corrected chi connectivity index (χ4v) is 4.87. The van der Waals surface area contributed by atoms with Gasteiger partial charge in [0.2, 0.25) is 0 Å². The van der Waals surface area contributed by atoms with Crippen molar-refractivity contribution in [1.29, 1.82) is 0 Å². The van der Waals surface area contributed by atoms with Gasteiger partial charge in [-0.05, 0) is 41.8 Å². The Bertz CT molecular complexity index is 1330. The van der Waals surface area contributed by atoms with Crippen molar-refractivity contribution >= 4 is 22.9 Å². The molecule has 0 atom stereocenters. The quantitative estimate of drug-likeness (QED) is 0.405. The molecule has 35 heavy (non-hydrogen) atoms. The van der Waals surface area contributed by atoms with Crippen molar-refractivity contribution in [2.45, 2.75) is 12.7 Å². The number of piperazine rings is 1. The number of carbonyl (C=O) groups is 1. The minimum absolute atomic E-state index is 0.0533. The van der Waals surface area contributed by atoms with Crippen molar-refractivity contribution in [1.82, 2.24) is 24.4 Å². The van der Waals surface area contributed by atoms with E-state index in [1.807, 2.05) is 11.4 Å². The second-order valence-electron chi connectivity index (χ2n) is 8.19. The summed E-state index contributed by atoms with van der Waals surface area (Å²) in [5.74, 6) is 0.201. The third kappa shape index (κ3) is 4.73. The average molecular weight is 502 g/mol. The first kappa shape index (κ1) is 23.3. The lowest BCUT2D eigenvalue weighted by Gasteiger charge is -2.34. The summed E-state index contributed by atoms with van der Waals surface area (Å²) in [4.78, 5) is 22.9. The molecule has 0 saturated carbocycles. The van der Waals surface area contributed by atoms with E-state index >= 15 is 0 Å². The molecule has 1 amide bonds. The number of benzene rings is 1. The average Bonchev–Trinajstić information content (AvgIpc) is 3.53. The van der Waals surface area contributed by atoms with E-state index < -0.39 is 11.9 Å². The van der Waals surface area contributed by atoms with E-state index in [9.17, 15) is 18.0 Å². The molecule has 0 unspecified atom stereocenters. The summed E-state index contributed by atoms with van der Waals surface area (Å²) >= 11 is 1.69. The number of methoxy groups -OCH3 is 1. The molecule has 1 fully saturated rings. The number of ether oxygens (including phenoxy) is 1. The number of amides is 1. The van der Waals surface area contributed by atoms with Gasteiger partial charge in [-0.15, -0.1) is 11.3 Å². The van der Waals surface area contributed by atoms with Crippen molar-refractivity contribution in [3.63, 3.8) is 0 Å². The molecule has 4 aromatic rings. The molecule has 0 bridgehead atoms. The lowest BCUT2D eigenvalue weighted by atomic mass is 10.1. The Labute approximate surface area is 203 Å². The largest absolute Gasteiger partial charge is 0.497 e. The molecule has 1 aliphatic heterocycles. The van der Waals surface area contributed by atoms with Gasteiger partial charge in [-0.25, -0.2) is 9.50 Å². The van der Waals surface area contributed by atoms with Crippen LogP contribution in [0.15, 0.2) is 54.0 Å². The molecule has 7 nitrogen and oxygen atoms in total. The van der Waals surface area contributed by atoms with Gasteiger partial charge in [0.15, 0.2) is 11.3 Å². The highest BCUT2D eigenvalue weighted by molar-refractivity contribution is 7.09. The van der Waals surface area contributed by atoms with Gasteiger partial charge in [0.1, 0.15) is 11.3 Å². The molecule has 0 N–H and O–H groups in total. The van der Waals surface area contributed by atoms with Crippen LogP contribution >= 0.6 is 11.3 Å². The van der Waals surface area contributed by atoms with Gasteiger partial charge in [0.05, 0.1) is 19.0 Å². The number of thiophene rings is 1. The van der Waals surface area contributed by atoms with E-state index in [4.69, 9.17) is 4.74 Å². The normalized spacial score (nSPS) is 15.0. The molecular weight excluding hydrogens is 479 g/mol. The Balaban J connectivity index is 1.44. The third-order valence-corrected chi connectivity index (χ3v) is 6.86. The summed E-state index contributed by atoms with van der Waals surface area (Å²) in [5.41, 5.74) is -0.481. The minimum atomic E-state index is -4.68. The Morgan fingerprint density at radius 1 is 1.11 bits per heavy atom. The molecule has 4 heterocycles. The predicted octanol–water partition coefficient (Wildman–Crippen LogP) is 4.44. The van der Waals surface area contributed by atoms with Crippen LogP contribution in [0.3, 0.4) is 0 Å². The summed E-state index contributed by atoms with van der Waals surface area (Å²) in [5, 5.41) is 5.92. The molecule has 0 radical (unpaired) electrons. The molecule has 182 valence electrons. The van der Waals surface area contributed by atoms with Crippen LogP contribution < -0.4 is 4.74 Å². The highest BCUT2D eigenvalue weighted by Crippen LogP contribution is 2.33. The summed E-state index contributed by atoms with van der Waals surface area (Å²) < 4.78 is 47.5. The second-order valence-corrected chi connectivity index (χ2v) is 9.23. The van der Waals surface area contributed by atoms with Crippen LogP contribution in [0, 0.1) is 0 Å². The minimum Gasteiger partial charge on any atom is -0.497 e. The predicted molar refractivity (Wildman–Crippen MR) is 125 cm³/mol. The van der Waals surface area contributed by atoms with Crippen molar-refractivity contribution in [2.24, 2.45) is 0 Å². The van der Waals surface area contributed by atoms with E-state index in [1.165, 1.54) is 18.2 Å². The van der Waals surface area contributed by atoms with Crippen LogP contribution in [-0.2, 0) is 12.7 Å². The Hall–Kier alpha value is -3.44. The second kappa shape index (κ2) is 9.31. The van der Waals surface area contributed by atoms with Gasteiger partial charge in [-0.1, -0.05) is 6.07 Å². The smallest absolute Gasteiger partial charge is 0.433 e. The number of fused-ring (bicyclic) bond motifs is 1. The van der Waals surface area contributed by atoms with E-state index in [1.54, 1.807) is 40.5 Å². The van der Waals surface area contributed by atoms with Gasteiger partial charge in [0, 0.05) is 43.2 Å². The summed E-state index contributed by atoms with van der Waals surface area (Å²) in [6.45, 7) is 3.14. The van der Waals surface area contributed by atoms with Crippen LogP contribution in [-0.4, -0.2) is 63.6 Å². The van der Waals surface area contributed by atoms with Crippen molar-refractivity contribution < 1.29 is 22.7 Å². The summed E-state index contributed by atoms with van der Waals surface area (Å²) in [6.07, 6.45) is -3.50. The highest BCUT2D eigenvalue weighted by Gasteiger charge is 2.36. The molecule has 0 aliphatic carbocycles. The van der Waals surface area contributed by atoms with Gasteiger partial charge < -0.3 is 9.64 Å². The van der Waals surface area contributed by atoms with Crippen molar-refractivity contribution in [2.75, 3.05) is 33.3 Å². The molecule has 11 heteroatoms. The zero-order chi connectivity index (χ0) is 24.6. The lowest BCUT2D eigenvalue weighted by molar-refractivity contribution is -0.142. The van der Waals surface area contributed by atoms with E-state index in [2.05, 4.69) is 21.0 Å². The Morgan fingerprint density at radius 3 is 2.49 bits per heavy atom. The van der Waals surface area contributed by atoms with Crippen LogP contribution in [0.2, 0.25) is 0 Å². The monoisotopic (exact) mass is 501 g/mol. The first-order valence-corrected chi connectivity index (χ1v) is 11.9. The summed E-state index contributed by atoms with van der Waals surface area (Å²) in [6, 6.07) is 11.6. The molecule has 5 rings (SSSR count). The Morgan fingerprint density at radius 2 is 1.86 bits per heavy atom. The summed E-state index contributed by atoms with van der Waals surface area (Å²) in [7, 11) is 1.51. The first-order valence-electron chi connectivity index (χ1n) is 11.0. The fraction of sp³-hybridized carbons (Fsp3) is 0.292. The van der Waals surface area contributed by atoms with Crippen LogP contribution in [0.4, 0.5) is 13.2 Å². The Kier molecular flexibility index (Phi) is 6.20. The number of carbonyl (C=O) groups excluding carboxylic acids is 1. The number of alkyl halides is 3. The molecule has 3 aromatic heterocycles. The zero-order valence-corrected chi connectivity index (χ0v) is 19.6. The van der Waals surface area contributed by atoms with Gasteiger partial charge >= 0.3 is 6.18 Å². The molecule has 1 saturated heterocycles. The highest BCUT2D eigenvalue weighted by atomic mass is 32.1. The van der Waals surface area contributed by atoms with Crippen LogP contribution in [0.25, 0.3) is 16.9 Å². The molecule has 1 aliphatic rings. The van der Waals surface area contributed by atoms with Gasteiger partial charge in [-0.2, -0.15) is 18.3 Å². The number of aromatic nitrogens is 3. The molecule has 1 aromatic carbocycles. The lowest BCUT2D eigenvalue weighted by Crippen LogP contribution is -2.48. The van der Waals surface area contributed by atoms with Crippen LogP contribution in [0.5, 0.6) is 5.75 Å². The van der Waals surface area contributed by atoms with Gasteiger partial charge in [-0.3, -0.25) is 9.69 Å². The SMILES string of the molecule is COc1ccc(-c2cc(C(F)(F)F)n3ncc(C(=O)N4CCN(Cc5cccs5)CC4)c3n2)cc1. The number of nitrogens with zero attached hydrogens (tertiary/aromatic N) is 5. The van der Waals surface area contributed by atoms with Crippen molar-refractivity contribution in [3.05, 3.63) is 70.2 Å². The number of halogens is 3. The molecular formula is C24H22F3N5O2S. The van der Waals surface area contributed by atoms with Crippen molar-refractivity contribution in [3.8, 4) is 17.0 Å². The van der Waals surface area contributed by atoms with E-state index in [0.717, 1.165) is 12.6 Å². The number of rotatable bonds is 5. The topological polar surface area (TPSA) is 63.0 Å². The number of hydrogen-bond donors (Lipinski definition) is 0. The maximum absolute atomic E-state index is 13.9. The first-order chi connectivity index (χ1) is 16.8. The fourth-order valence-electron chi connectivity index (χ4n) is 4.13. The maximum atomic E-state index is 13.9. The molecule has 0 spiro atoms. The van der Waals surface area contributed by atoms with E-state index in [0.29, 0.717) is 42.0 Å². The van der Waals surface area contributed by atoms with Gasteiger partial charge in [0.25, 0.3) is 5.91 Å². The van der Waals surface area contributed by atoms with E-state index in [-0.39, 0.29) is 22.8 Å². The number of hydrogen-bond acceptors (Lipinski definition) is 6. The zero-order valence-electron chi connectivity index (χ0n) is 18.8. The van der Waals surface area contributed by atoms with Crippen LogP contribution in [0.1, 0.15) is 20.9 Å².